The third kappa shape index (κ3) is 4.66. The summed E-state index contributed by atoms with van der Waals surface area (Å²) in [4.78, 5) is 18.5. The third-order valence-corrected chi connectivity index (χ3v) is 9.46. The van der Waals surface area contributed by atoms with Gasteiger partial charge in [-0.05, 0) is 60.5 Å². The maximum absolute atomic E-state index is 10.2. The highest BCUT2D eigenvalue weighted by Crippen LogP contribution is 2.42. The van der Waals surface area contributed by atoms with Crippen LogP contribution in [-0.2, 0) is 0 Å². The van der Waals surface area contributed by atoms with Gasteiger partial charge in [0.05, 0.1) is 79.1 Å². The molecule has 0 unspecified atom stereocenters. The summed E-state index contributed by atoms with van der Waals surface area (Å²) < 4.78 is 231. The van der Waals surface area contributed by atoms with Crippen molar-refractivity contribution < 1.29 is 34.3 Å². The van der Waals surface area contributed by atoms with Gasteiger partial charge in [-0.25, -0.2) is 19.9 Å². The Morgan fingerprint density at radius 3 is 1.53 bits per heavy atom. The Bertz CT molecular complexity index is 4900. The van der Waals surface area contributed by atoms with Gasteiger partial charge in [0.2, 0.25) is 5.95 Å². The monoisotopic (exact) mass is 754 g/mol. The first-order valence-electron chi connectivity index (χ1n) is 29.5. The van der Waals surface area contributed by atoms with Gasteiger partial charge in [0, 0.05) is 55.8 Å². The van der Waals surface area contributed by atoms with Crippen molar-refractivity contribution in [2.75, 3.05) is 0 Å². The fourth-order valence-electron chi connectivity index (χ4n) is 7.18. The Balaban J connectivity index is 1.42. The summed E-state index contributed by atoms with van der Waals surface area (Å²) in [5.41, 5.74) is -6.96. The molecule has 57 heavy (non-hydrogen) atoms. The molecule has 12 aromatic rings. The Morgan fingerprint density at radius 2 is 0.912 bits per heavy atom. The van der Waals surface area contributed by atoms with Gasteiger partial charge in [-0.3, -0.25) is 13.7 Å². The highest BCUT2D eigenvalue weighted by atomic mass is 15.2. The summed E-state index contributed by atoms with van der Waals surface area (Å²) in [7, 11) is 0. The molecule has 0 saturated carbocycles. The Kier molecular flexibility index (Phi) is 3.39. The van der Waals surface area contributed by atoms with Crippen LogP contribution in [0.3, 0.4) is 0 Å². The average molecular weight is 755 g/mol. The fraction of sp³-hybridized carbons (Fsp3) is 0. The third-order valence-electron chi connectivity index (χ3n) is 9.46. The van der Waals surface area contributed by atoms with Crippen LogP contribution in [0.4, 0.5) is 0 Å². The molecule has 0 atom stereocenters. The van der Waals surface area contributed by atoms with Gasteiger partial charge in [-0.1, -0.05) is 115 Å². The minimum absolute atomic E-state index is 0.0273. The standard InChI is InChI=1S/C50H31N7/c1-2-15-32(16-3-1)40-31-41(54-50(53-40)56-43-25-9-4-17-33(43)34-18-5-10-26-44(34)56)39-21-12-28-46(55-42-24-8-6-19-35(42)37-22-13-29-51-48(37)55)47(39)57-45-27-11-7-20-36(45)38-23-14-30-52-49(38)57/h1-31H/i1D,2D,3D,4D,5D,6D,7D,8D,9D,10D,11D,12D,15D,16D,17D,18D,19D,20D,21D,24D,25D,26D,27D,28D,31D. The van der Waals surface area contributed by atoms with Crippen LogP contribution in [0.25, 0.3) is 106 Å². The lowest BCUT2D eigenvalue weighted by atomic mass is 10.0. The highest BCUT2D eigenvalue weighted by Gasteiger charge is 2.25. The zero-order valence-electron chi connectivity index (χ0n) is 53.6. The molecule has 7 nitrogen and oxygen atoms in total. The van der Waals surface area contributed by atoms with Crippen LogP contribution in [0.1, 0.15) is 34.3 Å². The molecule has 0 amide bonds. The minimum Gasteiger partial charge on any atom is -0.292 e. The van der Waals surface area contributed by atoms with E-state index in [1.54, 1.807) is 0 Å². The predicted molar refractivity (Wildman–Crippen MR) is 232 cm³/mol. The van der Waals surface area contributed by atoms with Crippen molar-refractivity contribution in [2.45, 2.75) is 0 Å². The molecule has 6 heterocycles. The normalized spacial score (nSPS) is 18.0. The number of para-hydroxylation sites is 5. The second-order valence-electron chi connectivity index (χ2n) is 12.4. The number of aromatic nitrogens is 7. The average Bonchev–Trinajstić information content (AvgIpc) is 2.08. The second kappa shape index (κ2) is 12.3. The second-order valence-corrected chi connectivity index (χ2v) is 12.4. The first-order chi connectivity index (χ1) is 38.7. The quantitative estimate of drug-likeness (QED) is 0.175. The zero-order chi connectivity index (χ0) is 59.2. The molecule has 0 spiro atoms. The van der Waals surface area contributed by atoms with E-state index in [1.807, 2.05) is 0 Å². The van der Waals surface area contributed by atoms with Crippen LogP contribution in [0, 0.1) is 0 Å². The molecule has 0 aliphatic rings. The van der Waals surface area contributed by atoms with E-state index in [0.29, 0.717) is 0 Å². The smallest absolute Gasteiger partial charge is 0.235 e. The molecule has 0 aliphatic carbocycles. The van der Waals surface area contributed by atoms with E-state index in [1.165, 1.54) is 36.7 Å². The molecule has 0 radical (unpaired) electrons. The van der Waals surface area contributed by atoms with E-state index < -0.39 is 218 Å². The molecular formula is C50H31N7. The van der Waals surface area contributed by atoms with Crippen molar-refractivity contribution in [1.82, 2.24) is 33.6 Å². The lowest BCUT2D eigenvalue weighted by Crippen LogP contribution is -2.08. The van der Waals surface area contributed by atoms with Crippen LogP contribution in [-0.4, -0.2) is 33.6 Å². The number of benzene rings is 6. The molecule has 12 rings (SSSR count). The Hall–Kier alpha value is -7.90. The first-order valence-corrected chi connectivity index (χ1v) is 17.0. The van der Waals surface area contributed by atoms with Crippen LogP contribution in [0.15, 0.2) is 188 Å². The molecule has 266 valence electrons. The number of nitrogens with zero attached hydrogens (tertiary/aromatic N) is 7. The summed E-state index contributed by atoms with van der Waals surface area (Å²) in [6, 6.07) is -15.1. The molecule has 0 fully saturated rings. The van der Waals surface area contributed by atoms with Gasteiger partial charge < -0.3 is 0 Å². The number of hydrogen-bond acceptors (Lipinski definition) is 4. The van der Waals surface area contributed by atoms with E-state index >= 15 is 0 Å². The predicted octanol–water partition coefficient (Wildman–Crippen LogP) is 11.9. The van der Waals surface area contributed by atoms with Gasteiger partial charge in [0.25, 0.3) is 0 Å². The molecule has 7 heteroatoms. The zero-order valence-corrected chi connectivity index (χ0v) is 28.6. The molecule has 0 aliphatic heterocycles. The van der Waals surface area contributed by atoms with Crippen LogP contribution < -0.4 is 0 Å². The molecule has 6 aromatic carbocycles. The van der Waals surface area contributed by atoms with Crippen LogP contribution in [0.5, 0.6) is 0 Å². The summed E-state index contributed by atoms with van der Waals surface area (Å²) in [6.07, 6.45) is 2.56. The molecule has 0 bridgehead atoms. The maximum Gasteiger partial charge on any atom is 0.235 e. The van der Waals surface area contributed by atoms with Gasteiger partial charge in [0.1, 0.15) is 11.3 Å². The van der Waals surface area contributed by atoms with Crippen LogP contribution in [0.2, 0.25) is 0 Å². The summed E-state index contributed by atoms with van der Waals surface area (Å²) in [6.45, 7) is 0. The SMILES string of the molecule is [2H]c1c(-c2c([2H])c([2H])c([2H])c([2H])c2[2H])nc(-n2c3c([2H])c([2H])c([2H])c([2H])c3c3c([2H])c([2H])c([2H])c([2H])c32)nc1-c1c([2H])c([2H])c([2H])c(-n2c3ncccc3c3c([2H])c([2H])c([2H])c([2H])c32)c1-n1c2ncccc2c2c([2H])c([2H])c([2H])c([2H])c21. The topological polar surface area (TPSA) is 66.3 Å². The van der Waals surface area contributed by atoms with E-state index in [4.69, 9.17) is 24.2 Å². The van der Waals surface area contributed by atoms with E-state index in [-0.39, 0.29) is 38.4 Å². The van der Waals surface area contributed by atoms with Crippen molar-refractivity contribution >= 4 is 65.7 Å². The number of pyridine rings is 2. The lowest BCUT2D eigenvalue weighted by molar-refractivity contribution is 0.992. The van der Waals surface area contributed by atoms with Gasteiger partial charge in [-0.15, -0.1) is 0 Å². The van der Waals surface area contributed by atoms with Gasteiger partial charge >= 0.3 is 0 Å². The minimum atomic E-state index is -1.03. The Morgan fingerprint density at radius 1 is 0.421 bits per heavy atom. The Labute approximate surface area is 361 Å². The maximum atomic E-state index is 10.2. The molecule has 6 aromatic heterocycles. The number of hydrogen-bond donors (Lipinski definition) is 0. The van der Waals surface area contributed by atoms with E-state index in [9.17, 15) is 15.1 Å². The molecule has 0 N–H and O–H groups in total. The number of rotatable bonds is 5. The lowest BCUT2D eigenvalue weighted by Gasteiger charge is -2.20. The van der Waals surface area contributed by atoms with Crippen molar-refractivity contribution in [2.24, 2.45) is 0 Å². The fourth-order valence-corrected chi connectivity index (χ4v) is 7.18. The van der Waals surface area contributed by atoms with Crippen LogP contribution >= 0.6 is 0 Å². The van der Waals surface area contributed by atoms with Crippen molar-refractivity contribution in [3.63, 3.8) is 0 Å². The van der Waals surface area contributed by atoms with Crippen molar-refractivity contribution in [3.05, 3.63) is 188 Å². The van der Waals surface area contributed by atoms with E-state index in [2.05, 4.69) is 15.0 Å². The van der Waals surface area contributed by atoms with Gasteiger partial charge in [-0.2, -0.15) is 0 Å². The van der Waals surface area contributed by atoms with Gasteiger partial charge in [0.15, 0.2) is 0 Å². The largest absolute Gasteiger partial charge is 0.292 e. The van der Waals surface area contributed by atoms with Crippen molar-refractivity contribution in [3.8, 4) is 39.8 Å². The number of fused-ring (bicyclic) bond motifs is 9. The summed E-state index contributed by atoms with van der Waals surface area (Å²) in [5, 5.41) is -1.22. The first kappa shape index (κ1) is 15.7. The molecule has 0 saturated heterocycles. The highest BCUT2D eigenvalue weighted by molar-refractivity contribution is 6.11. The summed E-state index contributed by atoms with van der Waals surface area (Å²) in [5.74, 6) is -0.897. The molecular weight excluding hydrogens is 699 g/mol. The van der Waals surface area contributed by atoms with Crippen molar-refractivity contribution in [1.29, 1.82) is 0 Å². The van der Waals surface area contributed by atoms with E-state index in [0.717, 1.165) is 13.7 Å². The summed E-state index contributed by atoms with van der Waals surface area (Å²) >= 11 is 0.